The maximum Gasteiger partial charge on any atom is 0.221 e. The van der Waals surface area contributed by atoms with Crippen LogP contribution in [0.1, 0.15) is 29.5 Å². The van der Waals surface area contributed by atoms with Crippen molar-refractivity contribution in [2.24, 2.45) is 16.6 Å². The Morgan fingerprint density at radius 2 is 1.90 bits per heavy atom. The monoisotopic (exact) mass is 407 g/mol. The molecule has 1 atom stereocenters. The van der Waals surface area contributed by atoms with Crippen molar-refractivity contribution < 1.29 is 4.79 Å². The minimum Gasteiger partial charge on any atom is -0.369 e. The second-order valence-electron chi connectivity index (χ2n) is 8.04. The number of likely N-dealkylation sites (tertiary alicyclic amines) is 1. The molecular weight excluding hydrogens is 374 g/mol. The van der Waals surface area contributed by atoms with Gasteiger partial charge in [0.1, 0.15) is 0 Å². The lowest BCUT2D eigenvalue weighted by Crippen LogP contribution is -2.40. The number of guanidine groups is 1. The maximum absolute atomic E-state index is 11.5. The Kier molecular flexibility index (Phi) is 7.85. The number of carbonyl (C=O) groups excluding carboxylic acids is 1. The third kappa shape index (κ3) is 6.32. The molecule has 0 radical (unpaired) electrons. The molecule has 6 nitrogen and oxygen atoms in total. The number of amides is 1. The van der Waals surface area contributed by atoms with Gasteiger partial charge in [-0.25, -0.2) is 0 Å². The predicted octanol–water partition coefficient (Wildman–Crippen LogP) is 2.59. The van der Waals surface area contributed by atoms with Crippen molar-refractivity contribution in [2.45, 2.75) is 32.5 Å². The summed E-state index contributed by atoms with van der Waals surface area (Å²) in [7, 11) is 3.86. The van der Waals surface area contributed by atoms with Gasteiger partial charge in [-0.15, -0.1) is 0 Å². The van der Waals surface area contributed by atoms with E-state index >= 15 is 0 Å². The van der Waals surface area contributed by atoms with Crippen molar-refractivity contribution in [1.29, 1.82) is 0 Å². The summed E-state index contributed by atoms with van der Waals surface area (Å²) < 4.78 is 0. The van der Waals surface area contributed by atoms with E-state index in [2.05, 4.69) is 68.6 Å². The van der Waals surface area contributed by atoms with Crippen LogP contribution in [0.3, 0.4) is 0 Å². The minimum atomic E-state index is -0.177. The lowest BCUT2D eigenvalue weighted by molar-refractivity contribution is -0.123. The molecule has 2 aromatic rings. The van der Waals surface area contributed by atoms with Crippen LogP contribution in [-0.2, 0) is 24.4 Å². The van der Waals surface area contributed by atoms with E-state index < -0.39 is 0 Å². The topological polar surface area (TPSA) is 74.0 Å². The van der Waals surface area contributed by atoms with Crippen molar-refractivity contribution in [3.63, 3.8) is 0 Å². The van der Waals surface area contributed by atoms with Crippen molar-refractivity contribution in [3.05, 3.63) is 71.3 Å². The molecule has 160 valence electrons. The van der Waals surface area contributed by atoms with Crippen LogP contribution in [0.2, 0.25) is 0 Å². The summed E-state index contributed by atoms with van der Waals surface area (Å²) in [6, 6.07) is 19.0. The van der Waals surface area contributed by atoms with Gasteiger partial charge in [-0.05, 0) is 36.1 Å². The number of hydrogen-bond acceptors (Lipinski definition) is 3. The second kappa shape index (κ2) is 10.8. The first-order chi connectivity index (χ1) is 14.5. The van der Waals surface area contributed by atoms with Crippen LogP contribution in [0.25, 0.3) is 0 Å². The zero-order valence-electron chi connectivity index (χ0n) is 18.1. The van der Waals surface area contributed by atoms with Crippen LogP contribution in [0.4, 0.5) is 0 Å². The molecule has 0 bridgehead atoms. The highest BCUT2D eigenvalue weighted by Crippen LogP contribution is 2.18. The predicted molar refractivity (Wildman–Crippen MR) is 122 cm³/mol. The molecule has 2 aromatic carbocycles. The smallest absolute Gasteiger partial charge is 0.221 e. The van der Waals surface area contributed by atoms with Crippen molar-refractivity contribution in [2.75, 3.05) is 27.2 Å². The van der Waals surface area contributed by atoms with Gasteiger partial charge in [-0.1, -0.05) is 54.6 Å². The number of nitrogens with two attached hydrogens (primary N) is 1. The van der Waals surface area contributed by atoms with E-state index in [-0.39, 0.29) is 11.8 Å². The Balaban J connectivity index is 1.54. The summed E-state index contributed by atoms with van der Waals surface area (Å²) in [6.45, 7) is 4.14. The number of carbonyl (C=O) groups is 1. The minimum absolute atomic E-state index is 0.0212. The Morgan fingerprint density at radius 3 is 2.63 bits per heavy atom. The highest BCUT2D eigenvalue weighted by atomic mass is 16.1. The molecule has 3 rings (SSSR count). The van der Waals surface area contributed by atoms with E-state index in [1.54, 1.807) is 0 Å². The SMILES string of the molecule is CN=C(NCc1cccc(CN2CCCC(C(N)=O)C2)c1)N(C)Cc1ccccc1. The molecular formula is C24H33N5O. The van der Waals surface area contributed by atoms with Gasteiger partial charge in [0.25, 0.3) is 0 Å². The van der Waals surface area contributed by atoms with Gasteiger partial charge in [-0.3, -0.25) is 14.7 Å². The first-order valence-electron chi connectivity index (χ1n) is 10.6. The molecule has 1 saturated heterocycles. The molecule has 6 heteroatoms. The number of hydrogen-bond donors (Lipinski definition) is 2. The third-order valence-corrected chi connectivity index (χ3v) is 5.59. The Labute approximate surface area is 179 Å². The van der Waals surface area contributed by atoms with E-state index in [1.165, 1.54) is 16.7 Å². The molecule has 0 saturated carbocycles. The number of benzene rings is 2. The molecule has 1 heterocycles. The quantitative estimate of drug-likeness (QED) is 0.547. The fraction of sp³-hybridized carbons (Fsp3) is 0.417. The number of rotatable bonds is 7. The average molecular weight is 408 g/mol. The van der Waals surface area contributed by atoms with Crippen LogP contribution in [0, 0.1) is 5.92 Å². The molecule has 0 aliphatic carbocycles. The van der Waals surface area contributed by atoms with Gasteiger partial charge >= 0.3 is 0 Å². The zero-order valence-corrected chi connectivity index (χ0v) is 18.1. The molecule has 1 aliphatic heterocycles. The Hall–Kier alpha value is -2.86. The van der Waals surface area contributed by atoms with Crippen LogP contribution < -0.4 is 11.1 Å². The summed E-state index contributed by atoms with van der Waals surface area (Å²) in [5.41, 5.74) is 9.23. The summed E-state index contributed by atoms with van der Waals surface area (Å²) in [4.78, 5) is 20.4. The molecule has 0 spiro atoms. The number of aliphatic imine (C=N–C) groups is 1. The number of piperidine rings is 1. The standard InChI is InChI=1S/C24H33N5O/c1-26-24(28(2)16-19-8-4-3-5-9-19)27-15-20-10-6-11-21(14-20)17-29-13-7-12-22(18-29)23(25)30/h3-6,8-11,14,22H,7,12-13,15-18H2,1-2H3,(H2,25,30)(H,26,27). The largest absolute Gasteiger partial charge is 0.369 e. The summed E-state index contributed by atoms with van der Waals surface area (Å²) in [5.74, 6) is 0.667. The number of nitrogens with zero attached hydrogens (tertiary/aromatic N) is 3. The maximum atomic E-state index is 11.5. The van der Waals surface area contributed by atoms with Gasteiger partial charge in [0.05, 0.1) is 5.92 Å². The Bertz CT molecular complexity index is 852. The van der Waals surface area contributed by atoms with Gasteiger partial charge in [0.2, 0.25) is 5.91 Å². The molecule has 1 unspecified atom stereocenters. The fourth-order valence-corrected chi connectivity index (χ4v) is 4.03. The van der Waals surface area contributed by atoms with E-state index in [4.69, 9.17) is 5.73 Å². The van der Waals surface area contributed by atoms with E-state index in [1.807, 2.05) is 20.2 Å². The summed E-state index contributed by atoms with van der Waals surface area (Å²) in [6.07, 6.45) is 1.93. The normalized spacial score (nSPS) is 17.5. The lowest BCUT2D eigenvalue weighted by atomic mass is 9.97. The highest BCUT2D eigenvalue weighted by molar-refractivity contribution is 5.79. The zero-order chi connectivity index (χ0) is 21.3. The first-order valence-corrected chi connectivity index (χ1v) is 10.6. The molecule has 1 fully saturated rings. The molecule has 1 amide bonds. The molecule has 0 aromatic heterocycles. The fourth-order valence-electron chi connectivity index (χ4n) is 4.03. The summed E-state index contributed by atoms with van der Waals surface area (Å²) >= 11 is 0. The van der Waals surface area contributed by atoms with Crippen LogP contribution >= 0.6 is 0 Å². The highest BCUT2D eigenvalue weighted by Gasteiger charge is 2.23. The van der Waals surface area contributed by atoms with Crippen molar-refractivity contribution in [1.82, 2.24) is 15.1 Å². The molecule has 1 aliphatic rings. The van der Waals surface area contributed by atoms with Crippen molar-refractivity contribution in [3.8, 4) is 0 Å². The van der Waals surface area contributed by atoms with Gasteiger partial charge in [-0.2, -0.15) is 0 Å². The first kappa shape index (κ1) is 21.8. The molecule has 30 heavy (non-hydrogen) atoms. The van der Waals surface area contributed by atoms with Crippen LogP contribution in [0.15, 0.2) is 59.6 Å². The van der Waals surface area contributed by atoms with Crippen LogP contribution in [0.5, 0.6) is 0 Å². The Morgan fingerprint density at radius 1 is 1.17 bits per heavy atom. The van der Waals surface area contributed by atoms with Crippen molar-refractivity contribution >= 4 is 11.9 Å². The van der Waals surface area contributed by atoms with Gasteiger partial charge in [0, 0.05) is 40.3 Å². The van der Waals surface area contributed by atoms with Gasteiger partial charge in [0.15, 0.2) is 5.96 Å². The molecule has 3 N–H and O–H groups in total. The van der Waals surface area contributed by atoms with E-state index in [0.717, 1.165) is 45.0 Å². The van der Waals surface area contributed by atoms with E-state index in [0.29, 0.717) is 6.54 Å². The lowest BCUT2D eigenvalue weighted by Gasteiger charge is -2.31. The summed E-state index contributed by atoms with van der Waals surface area (Å²) in [5, 5.41) is 3.46. The number of primary amides is 1. The number of nitrogens with one attached hydrogen (secondary N) is 1. The van der Waals surface area contributed by atoms with E-state index in [9.17, 15) is 4.79 Å². The average Bonchev–Trinajstić information content (AvgIpc) is 2.75. The second-order valence-corrected chi connectivity index (χ2v) is 8.04. The van der Waals surface area contributed by atoms with Crippen LogP contribution in [-0.4, -0.2) is 48.9 Å². The third-order valence-electron chi connectivity index (χ3n) is 5.59. The van der Waals surface area contributed by atoms with Gasteiger partial charge < -0.3 is 16.0 Å².